The molecule has 21 heavy (non-hydrogen) atoms. The molecule has 4 rings (SSSR count). The van der Waals surface area contributed by atoms with Gasteiger partial charge in [0.15, 0.2) is 0 Å². The minimum atomic E-state index is 0.484. The summed E-state index contributed by atoms with van der Waals surface area (Å²) in [6, 6.07) is 18.0. The maximum Gasteiger partial charge on any atom is 0.142 e. The molecule has 0 unspecified atom stereocenters. The van der Waals surface area contributed by atoms with Gasteiger partial charge in [-0.15, -0.1) is 5.10 Å². The van der Waals surface area contributed by atoms with E-state index in [0.717, 1.165) is 28.1 Å². The zero-order valence-electron chi connectivity index (χ0n) is 11.4. The summed E-state index contributed by atoms with van der Waals surface area (Å²) in [5, 5.41) is 4.33. The first-order valence-electron chi connectivity index (χ1n) is 6.88. The lowest BCUT2D eigenvalue weighted by Crippen LogP contribution is -2.16. The standard InChI is InChI=1S/C17H14N2O2/c1-2-6-13(7-3-1)11-21-19-17-14(10-18-19)12-20-16-9-5-4-8-15(16)17/h1-10H,11-12H2. The Hall–Kier alpha value is -2.75. The summed E-state index contributed by atoms with van der Waals surface area (Å²) < 4.78 is 5.72. The Kier molecular flexibility index (Phi) is 2.85. The Morgan fingerprint density at radius 2 is 1.86 bits per heavy atom. The normalized spacial score (nSPS) is 12.2. The number of aromatic nitrogens is 2. The van der Waals surface area contributed by atoms with Crippen LogP contribution < -0.4 is 9.57 Å². The average molecular weight is 278 g/mol. The summed E-state index contributed by atoms with van der Waals surface area (Å²) >= 11 is 0. The summed E-state index contributed by atoms with van der Waals surface area (Å²) in [6.45, 7) is 1.01. The predicted molar refractivity (Wildman–Crippen MR) is 78.7 cm³/mol. The molecule has 0 amide bonds. The zero-order chi connectivity index (χ0) is 14.1. The Bertz CT molecular complexity index is 765. The summed E-state index contributed by atoms with van der Waals surface area (Å²) in [7, 11) is 0. The topological polar surface area (TPSA) is 36.3 Å². The molecule has 2 heterocycles. The van der Waals surface area contributed by atoms with Crippen LogP contribution in [0.1, 0.15) is 11.1 Å². The van der Waals surface area contributed by atoms with Crippen LogP contribution in [0.2, 0.25) is 0 Å². The Morgan fingerprint density at radius 1 is 1.05 bits per heavy atom. The Morgan fingerprint density at radius 3 is 2.76 bits per heavy atom. The molecule has 0 saturated carbocycles. The maximum atomic E-state index is 5.84. The van der Waals surface area contributed by atoms with Crippen molar-refractivity contribution in [3.8, 4) is 17.0 Å². The minimum Gasteiger partial charge on any atom is -0.488 e. The largest absolute Gasteiger partial charge is 0.488 e. The number of hydrogen-bond donors (Lipinski definition) is 0. The third-order valence-corrected chi connectivity index (χ3v) is 3.54. The van der Waals surface area contributed by atoms with Gasteiger partial charge in [0, 0.05) is 11.1 Å². The highest BCUT2D eigenvalue weighted by molar-refractivity contribution is 5.71. The van der Waals surface area contributed by atoms with Crippen molar-refractivity contribution in [2.75, 3.05) is 0 Å². The van der Waals surface area contributed by atoms with E-state index in [-0.39, 0.29) is 0 Å². The SMILES string of the molecule is c1ccc(COn2ncc3c2-c2ccccc2OC3)cc1. The van der Waals surface area contributed by atoms with Crippen LogP contribution >= 0.6 is 0 Å². The Labute approximate surface area is 122 Å². The molecular weight excluding hydrogens is 264 g/mol. The average Bonchev–Trinajstić information content (AvgIpc) is 2.97. The van der Waals surface area contributed by atoms with Gasteiger partial charge < -0.3 is 9.57 Å². The lowest BCUT2D eigenvalue weighted by Gasteiger charge is -2.18. The lowest BCUT2D eigenvalue weighted by molar-refractivity contribution is 0.0729. The highest BCUT2D eigenvalue weighted by Gasteiger charge is 2.22. The molecule has 0 bridgehead atoms. The van der Waals surface area contributed by atoms with Gasteiger partial charge in [0.05, 0.1) is 6.20 Å². The fraction of sp³-hybridized carbons (Fsp3) is 0.118. The van der Waals surface area contributed by atoms with E-state index in [0.29, 0.717) is 13.2 Å². The molecule has 0 atom stereocenters. The second-order valence-corrected chi connectivity index (χ2v) is 4.94. The summed E-state index contributed by atoms with van der Waals surface area (Å²) in [4.78, 5) is 7.44. The molecular formula is C17H14N2O2. The highest BCUT2D eigenvalue weighted by atomic mass is 16.7. The molecule has 4 nitrogen and oxygen atoms in total. The van der Waals surface area contributed by atoms with Crippen LogP contribution in [0.5, 0.6) is 5.75 Å². The fourth-order valence-corrected chi connectivity index (χ4v) is 2.50. The second kappa shape index (κ2) is 4.98. The van der Waals surface area contributed by atoms with Crippen LogP contribution in [0.25, 0.3) is 11.3 Å². The lowest BCUT2D eigenvalue weighted by atomic mass is 10.1. The summed E-state index contributed by atoms with van der Waals surface area (Å²) in [6.07, 6.45) is 1.80. The molecule has 0 radical (unpaired) electrons. The van der Waals surface area contributed by atoms with E-state index in [1.807, 2.05) is 54.6 Å². The zero-order valence-corrected chi connectivity index (χ0v) is 11.4. The van der Waals surface area contributed by atoms with Crippen LogP contribution in [0.15, 0.2) is 60.8 Å². The second-order valence-electron chi connectivity index (χ2n) is 4.94. The molecule has 0 aliphatic carbocycles. The van der Waals surface area contributed by atoms with E-state index in [9.17, 15) is 0 Å². The van der Waals surface area contributed by atoms with Crippen molar-refractivity contribution in [2.24, 2.45) is 0 Å². The number of para-hydroxylation sites is 1. The quantitative estimate of drug-likeness (QED) is 0.738. The fourth-order valence-electron chi connectivity index (χ4n) is 2.50. The monoisotopic (exact) mass is 278 g/mol. The number of hydrogen-bond acceptors (Lipinski definition) is 3. The first-order chi connectivity index (χ1) is 10.4. The number of benzene rings is 2. The number of fused-ring (bicyclic) bond motifs is 3. The third-order valence-electron chi connectivity index (χ3n) is 3.54. The van der Waals surface area contributed by atoms with Crippen molar-refractivity contribution >= 4 is 0 Å². The van der Waals surface area contributed by atoms with Crippen LogP contribution in [-0.2, 0) is 13.2 Å². The van der Waals surface area contributed by atoms with Crippen molar-refractivity contribution in [3.63, 3.8) is 0 Å². The molecule has 0 fully saturated rings. The van der Waals surface area contributed by atoms with E-state index >= 15 is 0 Å². The molecule has 3 aromatic rings. The molecule has 104 valence electrons. The van der Waals surface area contributed by atoms with Crippen LogP contribution in [0.3, 0.4) is 0 Å². The van der Waals surface area contributed by atoms with Crippen molar-refractivity contribution in [1.29, 1.82) is 0 Å². The van der Waals surface area contributed by atoms with E-state index in [4.69, 9.17) is 9.57 Å². The smallest absolute Gasteiger partial charge is 0.142 e. The molecule has 2 aromatic carbocycles. The van der Waals surface area contributed by atoms with Crippen molar-refractivity contribution < 1.29 is 9.57 Å². The molecule has 4 heteroatoms. The third kappa shape index (κ3) is 2.14. The van der Waals surface area contributed by atoms with Gasteiger partial charge in [-0.25, -0.2) is 0 Å². The molecule has 1 aliphatic rings. The van der Waals surface area contributed by atoms with Crippen molar-refractivity contribution in [1.82, 2.24) is 9.94 Å². The van der Waals surface area contributed by atoms with Crippen LogP contribution in [0.4, 0.5) is 0 Å². The van der Waals surface area contributed by atoms with Gasteiger partial charge >= 0.3 is 0 Å². The van der Waals surface area contributed by atoms with Crippen LogP contribution in [-0.4, -0.2) is 9.94 Å². The predicted octanol–water partition coefficient (Wildman–Crippen LogP) is 3.07. The number of ether oxygens (including phenoxy) is 1. The van der Waals surface area contributed by atoms with E-state index in [2.05, 4.69) is 5.10 Å². The summed E-state index contributed by atoms with van der Waals surface area (Å²) in [5.41, 5.74) is 4.15. The Balaban J connectivity index is 1.66. The molecule has 1 aliphatic heterocycles. The molecule has 0 saturated heterocycles. The van der Waals surface area contributed by atoms with Gasteiger partial charge in [0.1, 0.15) is 24.7 Å². The first kappa shape index (κ1) is 12.0. The minimum absolute atomic E-state index is 0.484. The van der Waals surface area contributed by atoms with Gasteiger partial charge in [-0.3, -0.25) is 0 Å². The van der Waals surface area contributed by atoms with Gasteiger partial charge in [0.25, 0.3) is 0 Å². The van der Waals surface area contributed by atoms with E-state index < -0.39 is 0 Å². The van der Waals surface area contributed by atoms with Crippen molar-refractivity contribution in [2.45, 2.75) is 13.2 Å². The van der Waals surface area contributed by atoms with Crippen LogP contribution in [0, 0.1) is 0 Å². The van der Waals surface area contributed by atoms with Crippen molar-refractivity contribution in [3.05, 3.63) is 71.9 Å². The van der Waals surface area contributed by atoms with Gasteiger partial charge in [0.2, 0.25) is 0 Å². The van der Waals surface area contributed by atoms with Gasteiger partial charge in [-0.05, 0) is 17.7 Å². The van der Waals surface area contributed by atoms with E-state index in [1.165, 1.54) is 0 Å². The number of rotatable bonds is 3. The maximum absolute atomic E-state index is 5.84. The summed E-state index contributed by atoms with van der Waals surface area (Å²) in [5.74, 6) is 0.870. The molecule has 1 aromatic heterocycles. The van der Waals surface area contributed by atoms with Gasteiger partial charge in [-0.1, -0.05) is 47.3 Å². The number of nitrogens with zero attached hydrogens (tertiary/aromatic N) is 2. The van der Waals surface area contributed by atoms with Gasteiger partial charge in [-0.2, -0.15) is 0 Å². The highest BCUT2D eigenvalue weighted by Crippen LogP contribution is 2.36. The van der Waals surface area contributed by atoms with E-state index in [1.54, 1.807) is 11.0 Å². The first-order valence-corrected chi connectivity index (χ1v) is 6.88. The molecule has 0 N–H and O–H groups in total. The molecule has 0 spiro atoms.